The molecular formula is C14H30N2. The van der Waals surface area contributed by atoms with E-state index in [0.717, 1.165) is 18.5 Å². The first-order valence-electron chi connectivity index (χ1n) is 7.18. The Balaban J connectivity index is 2.19. The SMILES string of the molecule is CCC1CCC(NCC(C)N(CC)CC)C1. The summed E-state index contributed by atoms with van der Waals surface area (Å²) in [6, 6.07) is 1.47. The Kier molecular flexibility index (Phi) is 6.37. The monoisotopic (exact) mass is 226 g/mol. The zero-order chi connectivity index (χ0) is 12.0. The lowest BCUT2D eigenvalue weighted by Gasteiger charge is -2.27. The van der Waals surface area contributed by atoms with Gasteiger partial charge in [-0.3, -0.25) is 4.90 Å². The summed E-state index contributed by atoms with van der Waals surface area (Å²) in [6.45, 7) is 12.7. The lowest BCUT2D eigenvalue weighted by Crippen LogP contribution is -2.42. The van der Waals surface area contributed by atoms with Gasteiger partial charge in [-0.05, 0) is 45.2 Å². The van der Waals surface area contributed by atoms with E-state index in [0.29, 0.717) is 6.04 Å². The average molecular weight is 226 g/mol. The quantitative estimate of drug-likeness (QED) is 0.718. The summed E-state index contributed by atoms with van der Waals surface area (Å²) in [5.74, 6) is 0.987. The molecule has 1 aliphatic rings. The molecule has 2 heteroatoms. The second-order valence-corrected chi connectivity index (χ2v) is 5.26. The van der Waals surface area contributed by atoms with Crippen molar-refractivity contribution in [1.82, 2.24) is 10.2 Å². The highest BCUT2D eigenvalue weighted by Gasteiger charge is 2.23. The number of rotatable bonds is 7. The normalized spacial score (nSPS) is 27.6. The molecule has 96 valence electrons. The van der Waals surface area contributed by atoms with Crippen molar-refractivity contribution >= 4 is 0 Å². The van der Waals surface area contributed by atoms with Gasteiger partial charge in [0.1, 0.15) is 0 Å². The Morgan fingerprint density at radius 3 is 2.38 bits per heavy atom. The predicted octanol–water partition coefficient (Wildman–Crippen LogP) is 2.89. The molecule has 16 heavy (non-hydrogen) atoms. The first-order chi connectivity index (χ1) is 7.71. The third kappa shape index (κ3) is 4.06. The van der Waals surface area contributed by atoms with E-state index in [-0.39, 0.29) is 0 Å². The molecule has 2 nitrogen and oxygen atoms in total. The molecule has 0 radical (unpaired) electrons. The molecular weight excluding hydrogens is 196 g/mol. The van der Waals surface area contributed by atoms with Gasteiger partial charge in [0.05, 0.1) is 0 Å². The van der Waals surface area contributed by atoms with Crippen LogP contribution in [0.2, 0.25) is 0 Å². The van der Waals surface area contributed by atoms with Crippen molar-refractivity contribution in [2.45, 2.75) is 65.5 Å². The van der Waals surface area contributed by atoms with E-state index in [2.05, 4.69) is 37.9 Å². The van der Waals surface area contributed by atoms with Gasteiger partial charge >= 0.3 is 0 Å². The Bertz CT molecular complexity index is 178. The highest BCUT2D eigenvalue weighted by molar-refractivity contribution is 4.81. The van der Waals surface area contributed by atoms with Gasteiger partial charge in [0.15, 0.2) is 0 Å². The van der Waals surface area contributed by atoms with Crippen LogP contribution in [0.5, 0.6) is 0 Å². The zero-order valence-corrected chi connectivity index (χ0v) is 11.6. The van der Waals surface area contributed by atoms with Crippen molar-refractivity contribution in [3.05, 3.63) is 0 Å². The summed E-state index contributed by atoms with van der Waals surface area (Å²) >= 11 is 0. The molecule has 0 saturated heterocycles. The van der Waals surface area contributed by atoms with Gasteiger partial charge in [0.2, 0.25) is 0 Å². The molecule has 1 N–H and O–H groups in total. The minimum atomic E-state index is 0.677. The number of likely N-dealkylation sites (N-methyl/N-ethyl adjacent to an activating group) is 1. The molecule has 0 aromatic heterocycles. The fourth-order valence-corrected chi connectivity index (χ4v) is 2.94. The van der Waals surface area contributed by atoms with Gasteiger partial charge in [-0.1, -0.05) is 27.2 Å². The molecule has 1 rings (SSSR count). The van der Waals surface area contributed by atoms with Crippen LogP contribution in [0.25, 0.3) is 0 Å². The van der Waals surface area contributed by atoms with Gasteiger partial charge in [0.25, 0.3) is 0 Å². The van der Waals surface area contributed by atoms with E-state index in [9.17, 15) is 0 Å². The van der Waals surface area contributed by atoms with Crippen molar-refractivity contribution < 1.29 is 0 Å². The average Bonchev–Trinajstić information content (AvgIpc) is 2.76. The molecule has 0 amide bonds. The van der Waals surface area contributed by atoms with Crippen LogP contribution in [0, 0.1) is 5.92 Å². The molecule has 0 aromatic rings. The van der Waals surface area contributed by atoms with Crippen LogP contribution in [0.1, 0.15) is 53.4 Å². The van der Waals surface area contributed by atoms with Crippen LogP contribution in [0.4, 0.5) is 0 Å². The summed E-state index contributed by atoms with van der Waals surface area (Å²) in [7, 11) is 0. The van der Waals surface area contributed by atoms with Crippen LogP contribution >= 0.6 is 0 Å². The minimum Gasteiger partial charge on any atom is -0.312 e. The van der Waals surface area contributed by atoms with Gasteiger partial charge in [-0.25, -0.2) is 0 Å². The summed E-state index contributed by atoms with van der Waals surface area (Å²) in [5, 5.41) is 3.75. The number of hydrogen-bond acceptors (Lipinski definition) is 2. The Morgan fingerprint density at radius 1 is 1.19 bits per heavy atom. The van der Waals surface area contributed by atoms with E-state index in [1.807, 2.05) is 0 Å². The molecule has 0 spiro atoms. The Hall–Kier alpha value is -0.0800. The van der Waals surface area contributed by atoms with E-state index in [1.54, 1.807) is 0 Å². The Morgan fingerprint density at radius 2 is 1.88 bits per heavy atom. The van der Waals surface area contributed by atoms with Crippen LogP contribution in [-0.4, -0.2) is 36.6 Å². The molecule has 1 fully saturated rings. The number of nitrogens with one attached hydrogen (secondary N) is 1. The summed E-state index contributed by atoms with van der Waals surface area (Å²) in [6.07, 6.45) is 5.60. The second kappa shape index (κ2) is 7.29. The first kappa shape index (κ1) is 14.0. The maximum Gasteiger partial charge on any atom is 0.0192 e. The molecule has 0 bridgehead atoms. The summed E-state index contributed by atoms with van der Waals surface area (Å²) in [4.78, 5) is 2.53. The van der Waals surface area contributed by atoms with Gasteiger partial charge in [-0.15, -0.1) is 0 Å². The van der Waals surface area contributed by atoms with Crippen molar-refractivity contribution in [1.29, 1.82) is 0 Å². The van der Waals surface area contributed by atoms with Crippen molar-refractivity contribution in [2.75, 3.05) is 19.6 Å². The van der Waals surface area contributed by atoms with E-state index in [1.165, 1.54) is 38.8 Å². The van der Waals surface area contributed by atoms with E-state index >= 15 is 0 Å². The number of nitrogens with zero attached hydrogens (tertiary/aromatic N) is 1. The third-order valence-electron chi connectivity index (χ3n) is 4.26. The molecule has 3 unspecified atom stereocenters. The van der Waals surface area contributed by atoms with Crippen LogP contribution in [-0.2, 0) is 0 Å². The van der Waals surface area contributed by atoms with E-state index < -0.39 is 0 Å². The fraction of sp³-hybridized carbons (Fsp3) is 1.00. The maximum atomic E-state index is 3.75. The highest BCUT2D eigenvalue weighted by Crippen LogP contribution is 2.27. The van der Waals surface area contributed by atoms with Gasteiger partial charge in [-0.2, -0.15) is 0 Å². The smallest absolute Gasteiger partial charge is 0.0192 e. The van der Waals surface area contributed by atoms with Gasteiger partial charge in [0, 0.05) is 18.6 Å². The van der Waals surface area contributed by atoms with Crippen LogP contribution in [0.15, 0.2) is 0 Å². The summed E-state index contributed by atoms with van der Waals surface area (Å²) in [5.41, 5.74) is 0. The van der Waals surface area contributed by atoms with Crippen molar-refractivity contribution in [3.63, 3.8) is 0 Å². The topological polar surface area (TPSA) is 15.3 Å². The molecule has 0 aromatic carbocycles. The highest BCUT2D eigenvalue weighted by atomic mass is 15.2. The second-order valence-electron chi connectivity index (χ2n) is 5.26. The molecule has 1 aliphatic carbocycles. The Labute approximate surface area is 102 Å². The largest absolute Gasteiger partial charge is 0.312 e. The van der Waals surface area contributed by atoms with E-state index in [4.69, 9.17) is 0 Å². The zero-order valence-electron chi connectivity index (χ0n) is 11.6. The first-order valence-corrected chi connectivity index (χ1v) is 7.18. The van der Waals surface area contributed by atoms with Crippen molar-refractivity contribution in [2.24, 2.45) is 5.92 Å². The fourth-order valence-electron chi connectivity index (χ4n) is 2.94. The maximum absolute atomic E-state index is 3.75. The molecule has 3 atom stereocenters. The molecule has 0 heterocycles. The minimum absolute atomic E-state index is 0.677. The predicted molar refractivity (Wildman–Crippen MR) is 71.8 cm³/mol. The lowest BCUT2D eigenvalue weighted by molar-refractivity contribution is 0.220. The van der Waals surface area contributed by atoms with Crippen LogP contribution in [0.3, 0.4) is 0 Å². The molecule has 1 saturated carbocycles. The standard InChI is InChI=1S/C14H30N2/c1-5-13-8-9-14(10-13)15-11-12(4)16(6-2)7-3/h12-15H,5-11H2,1-4H3. The van der Waals surface area contributed by atoms with Gasteiger partial charge < -0.3 is 5.32 Å². The lowest BCUT2D eigenvalue weighted by atomic mass is 10.1. The number of hydrogen-bond donors (Lipinski definition) is 1. The summed E-state index contributed by atoms with van der Waals surface area (Å²) < 4.78 is 0. The van der Waals surface area contributed by atoms with Crippen molar-refractivity contribution in [3.8, 4) is 0 Å². The third-order valence-corrected chi connectivity index (χ3v) is 4.26. The van der Waals surface area contributed by atoms with Crippen LogP contribution < -0.4 is 5.32 Å². The molecule has 0 aliphatic heterocycles.